The highest BCUT2D eigenvalue weighted by Crippen LogP contribution is 2.41. The van der Waals surface area contributed by atoms with E-state index >= 15 is 0 Å². The van der Waals surface area contributed by atoms with E-state index in [1.54, 1.807) is 23.5 Å². The van der Waals surface area contributed by atoms with Gasteiger partial charge < -0.3 is 5.32 Å². The number of thiophene rings is 1. The summed E-state index contributed by atoms with van der Waals surface area (Å²) < 4.78 is 1.49. The van der Waals surface area contributed by atoms with Crippen LogP contribution in [0.5, 0.6) is 0 Å². The zero-order valence-corrected chi connectivity index (χ0v) is 19.8. The molecule has 32 heavy (non-hydrogen) atoms. The van der Waals surface area contributed by atoms with Crippen molar-refractivity contribution in [1.82, 2.24) is 15.1 Å². The van der Waals surface area contributed by atoms with Crippen LogP contribution in [0.4, 0.5) is 0 Å². The molecule has 1 atom stereocenters. The van der Waals surface area contributed by atoms with E-state index in [-0.39, 0.29) is 23.4 Å². The van der Waals surface area contributed by atoms with Crippen LogP contribution in [-0.4, -0.2) is 21.7 Å². The van der Waals surface area contributed by atoms with Crippen LogP contribution in [0.15, 0.2) is 58.7 Å². The fourth-order valence-electron chi connectivity index (χ4n) is 4.55. The second-order valence-corrected chi connectivity index (χ2v) is 10.1. The molecule has 1 aliphatic rings. The first kappa shape index (κ1) is 22.5. The molecule has 5 nitrogen and oxygen atoms in total. The van der Waals surface area contributed by atoms with Crippen LogP contribution in [0.2, 0.25) is 0 Å². The van der Waals surface area contributed by atoms with Crippen molar-refractivity contribution >= 4 is 17.2 Å². The predicted octanol–water partition coefficient (Wildman–Crippen LogP) is 4.93. The van der Waals surface area contributed by atoms with Crippen molar-refractivity contribution in [1.29, 1.82) is 0 Å². The summed E-state index contributed by atoms with van der Waals surface area (Å²) in [6.07, 6.45) is 3.83. The van der Waals surface area contributed by atoms with Gasteiger partial charge >= 0.3 is 0 Å². The van der Waals surface area contributed by atoms with Crippen LogP contribution in [0, 0.1) is 12.8 Å². The molecule has 0 spiro atoms. The molecule has 0 aliphatic heterocycles. The molecule has 1 saturated carbocycles. The smallest absolute Gasteiger partial charge is 0.266 e. The second kappa shape index (κ2) is 9.41. The standard InChI is InChI=1S/C26H31N3O2S/c1-18(2)22(17-29-24(30)13-12-21(28-29)23-7-6-16-32-23)27-25(31)26(14-4-5-15-26)20-10-8-19(3)9-11-20/h6-13,16,18,22H,4-5,14-15,17H2,1-3H3,(H,27,31)/t22-/m1/s1. The van der Waals surface area contributed by atoms with Gasteiger partial charge in [0, 0.05) is 6.07 Å². The highest BCUT2D eigenvalue weighted by molar-refractivity contribution is 7.13. The summed E-state index contributed by atoms with van der Waals surface area (Å²) in [6, 6.07) is 15.5. The maximum atomic E-state index is 13.7. The van der Waals surface area contributed by atoms with E-state index in [9.17, 15) is 9.59 Å². The molecule has 1 N–H and O–H groups in total. The van der Waals surface area contributed by atoms with Crippen LogP contribution < -0.4 is 10.9 Å². The van der Waals surface area contributed by atoms with Gasteiger partial charge in [0.15, 0.2) is 0 Å². The topological polar surface area (TPSA) is 64.0 Å². The van der Waals surface area contributed by atoms with Crippen molar-refractivity contribution in [2.75, 3.05) is 0 Å². The van der Waals surface area contributed by atoms with Crippen molar-refractivity contribution in [3.63, 3.8) is 0 Å². The molecule has 2 aromatic heterocycles. The number of aryl methyl sites for hydroxylation is 1. The molecule has 0 saturated heterocycles. The van der Waals surface area contributed by atoms with E-state index in [0.717, 1.165) is 41.8 Å². The van der Waals surface area contributed by atoms with Gasteiger partial charge in [0.2, 0.25) is 5.91 Å². The van der Waals surface area contributed by atoms with Gasteiger partial charge in [-0.05, 0) is 48.8 Å². The molecule has 2 heterocycles. The second-order valence-electron chi connectivity index (χ2n) is 9.20. The lowest BCUT2D eigenvalue weighted by atomic mass is 9.77. The molecule has 1 aromatic carbocycles. The molecule has 0 unspecified atom stereocenters. The lowest BCUT2D eigenvalue weighted by Gasteiger charge is -2.32. The molecule has 168 valence electrons. The van der Waals surface area contributed by atoms with E-state index < -0.39 is 5.41 Å². The van der Waals surface area contributed by atoms with Crippen molar-refractivity contribution in [2.24, 2.45) is 5.92 Å². The Morgan fingerprint density at radius 2 is 1.84 bits per heavy atom. The Kier molecular flexibility index (Phi) is 6.60. The number of carbonyl (C=O) groups excluding carboxylic acids is 1. The predicted molar refractivity (Wildman–Crippen MR) is 130 cm³/mol. The fraction of sp³-hybridized carbons (Fsp3) is 0.423. The Morgan fingerprint density at radius 1 is 1.12 bits per heavy atom. The lowest BCUT2D eigenvalue weighted by Crippen LogP contribution is -2.51. The van der Waals surface area contributed by atoms with Crippen LogP contribution in [-0.2, 0) is 16.8 Å². The number of benzene rings is 1. The van der Waals surface area contributed by atoms with Crippen LogP contribution in [0.3, 0.4) is 0 Å². The SMILES string of the molecule is Cc1ccc(C2(C(=O)N[C@H](Cn3nc(-c4cccs4)ccc3=O)C(C)C)CCCC2)cc1. The minimum Gasteiger partial charge on any atom is -0.350 e. The summed E-state index contributed by atoms with van der Waals surface area (Å²) >= 11 is 1.59. The number of nitrogens with zero attached hydrogens (tertiary/aromatic N) is 2. The van der Waals surface area contributed by atoms with Gasteiger partial charge in [-0.25, -0.2) is 4.68 Å². The monoisotopic (exact) mass is 449 g/mol. The van der Waals surface area contributed by atoms with Gasteiger partial charge in [0.05, 0.1) is 22.9 Å². The average Bonchev–Trinajstić information content (AvgIpc) is 3.48. The lowest BCUT2D eigenvalue weighted by molar-refractivity contribution is -0.127. The molecule has 1 aliphatic carbocycles. The molecular formula is C26H31N3O2S. The molecule has 4 rings (SSSR count). The van der Waals surface area contributed by atoms with Crippen LogP contribution >= 0.6 is 11.3 Å². The average molecular weight is 450 g/mol. The van der Waals surface area contributed by atoms with Gasteiger partial charge in [-0.2, -0.15) is 5.10 Å². The minimum atomic E-state index is -0.488. The van der Waals surface area contributed by atoms with E-state index in [0.29, 0.717) is 6.54 Å². The summed E-state index contributed by atoms with van der Waals surface area (Å²) in [5.74, 6) is 0.231. The molecule has 6 heteroatoms. The number of amides is 1. The Morgan fingerprint density at radius 3 is 2.47 bits per heavy atom. The minimum absolute atomic E-state index is 0.0695. The third-order valence-electron chi connectivity index (χ3n) is 6.63. The maximum Gasteiger partial charge on any atom is 0.266 e. The summed E-state index contributed by atoms with van der Waals surface area (Å²) in [7, 11) is 0. The molecule has 0 bridgehead atoms. The summed E-state index contributed by atoms with van der Waals surface area (Å²) in [4.78, 5) is 27.2. The molecule has 1 fully saturated rings. The highest BCUT2D eigenvalue weighted by atomic mass is 32.1. The third-order valence-corrected chi connectivity index (χ3v) is 7.52. The first-order valence-corrected chi connectivity index (χ1v) is 12.3. The zero-order chi connectivity index (χ0) is 22.7. The third kappa shape index (κ3) is 4.56. The van der Waals surface area contributed by atoms with E-state index in [2.05, 4.69) is 55.5 Å². The van der Waals surface area contributed by atoms with E-state index in [1.807, 2.05) is 17.5 Å². The summed E-state index contributed by atoms with van der Waals surface area (Å²) in [6.45, 7) is 6.57. The van der Waals surface area contributed by atoms with Crippen LogP contribution in [0.1, 0.15) is 50.7 Å². The van der Waals surface area contributed by atoms with Crippen molar-refractivity contribution in [2.45, 2.75) is 64.5 Å². The Balaban J connectivity index is 1.58. The van der Waals surface area contributed by atoms with Gasteiger partial charge in [-0.15, -0.1) is 11.3 Å². The number of nitrogens with one attached hydrogen (secondary N) is 1. The van der Waals surface area contributed by atoms with Crippen molar-refractivity contribution in [3.05, 3.63) is 75.4 Å². The quantitative estimate of drug-likeness (QED) is 0.556. The van der Waals surface area contributed by atoms with Gasteiger partial charge in [0.25, 0.3) is 5.56 Å². The van der Waals surface area contributed by atoms with Gasteiger partial charge in [-0.1, -0.05) is 62.6 Å². The molecular weight excluding hydrogens is 418 g/mol. The highest BCUT2D eigenvalue weighted by Gasteiger charge is 2.43. The Hall–Kier alpha value is -2.73. The number of rotatable bonds is 7. The number of hydrogen-bond acceptors (Lipinski definition) is 4. The first-order chi connectivity index (χ1) is 15.4. The Labute approximate surface area is 193 Å². The van der Waals surface area contributed by atoms with E-state index in [1.165, 1.54) is 10.2 Å². The van der Waals surface area contributed by atoms with Gasteiger partial charge in [0.1, 0.15) is 5.69 Å². The number of carbonyl (C=O) groups is 1. The maximum absolute atomic E-state index is 13.7. The largest absolute Gasteiger partial charge is 0.350 e. The fourth-order valence-corrected chi connectivity index (χ4v) is 5.24. The van der Waals surface area contributed by atoms with Gasteiger partial charge in [-0.3, -0.25) is 9.59 Å². The number of aromatic nitrogens is 2. The molecule has 0 radical (unpaired) electrons. The van der Waals surface area contributed by atoms with E-state index in [4.69, 9.17) is 0 Å². The zero-order valence-electron chi connectivity index (χ0n) is 19.0. The van der Waals surface area contributed by atoms with Crippen LogP contribution in [0.25, 0.3) is 10.6 Å². The normalized spacial score (nSPS) is 16.2. The Bertz CT molecular complexity index is 1110. The molecule has 1 amide bonds. The number of hydrogen-bond donors (Lipinski definition) is 1. The first-order valence-electron chi connectivity index (χ1n) is 11.4. The molecule has 3 aromatic rings. The summed E-state index contributed by atoms with van der Waals surface area (Å²) in [5.41, 5.74) is 2.42. The summed E-state index contributed by atoms with van der Waals surface area (Å²) in [5, 5.41) is 9.89. The van der Waals surface area contributed by atoms with Crippen molar-refractivity contribution in [3.8, 4) is 10.6 Å². The van der Waals surface area contributed by atoms with Crippen molar-refractivity contribution < 1.29 is 4.79 Å².